The molecule has 6 nitrogen and oxygen atoms in total. The summed E-state index contributed by atoms with van der Waals surface area (Å²) in [6, 6.07) is 16.5. The molecule has 0 radical (unpaired) electrons. The lowest BCUT2D eigenvalue weighted by Crippen LogP contribution is -2.45. The third kappa shape index (κ3) is 4.79. The number of rotatable bonds is 6. The molecule has 31 heavy (non-hydrogen) atoms. The van der Waals surface area contributed by atoms with Crippen LogP contribution in [-0.4, -0.2) is 25.2 Å². The Morgan fingerprint density at radius 2 is 1.74 bits per heavy atom. The molecule has 0 bridgehead atoms. The minimum Gasteiger partial charge on any atom is -0.374 e. The Labute approximate surface area is 179 Å². The summed E-state index contributed by atoms with van der Waals surface area (Å²) < 4.78 is 39.1. The van der Waals surface area contributed by atoms with E-state index in [1.54, 1.807) is 31.2 Å². The van der Waals surface area contributed by atoms with Crippen molar-refractivity contribution in [2.45, 2.75) is 17.4 Å². The molecule has 0 heterocycles. The van der Waals surface area contributed by atoms with Gasteiger partial charge in [-0.15, -0.1) is 0 Å². The Balaban J connectivity index is 1.99. The van der Waals surface area contributed by atoms with Crippen LogP contribution in [-0.2, 0) is 20.2 Å². The number of aryl methyl sites for hydroxylation is 1. The number of halogens is 1. The summed E-state index contributed by atoms with van der Waals surface area (Å²) in [6.45, 7) is 8.81. The van der Waals surface area contributed by atoms with Crippen molar-refractivity contribution in [3.63, 3.8) is 0 Å². The van der Waals surface area contributed by atoms with E-state index in [0.29, 0.717) is 16.9 Å². The van der Waals surface area contributed by atoms with E-state index in [9.17, 15) is 22.7 Å². The number of sulfone groups is 1. The number of nitrogens with zero attached hydrogens (tertiary/aromatic N) is 1. The van der Waals surface area contributed by atoms with Gasteiger partial charge in [0, 0.05) is 5.69 Å². The highest BCUT2D eigenvalue weighted by Gasteiger charge is 2.43. The molecule has 0 aromatic heterocycles. The average Bonchev–Trinajstić information content (AvgIpc) is 2.74. The van der Waals surface area contributed by atoms with Crippen LogP contribution in [0.25, 0.3) is 4.85 Å². The van der Waals surface area contributed by atoms with E-state index >= 15 is 0 Å². The van der Waals surface area contributed by atoms with Crippen LogP contribution >= 0.6 is 0 Å². The van der Waals surface area contributed by atoms with E-state index in [0.717, 1.165) is 24.3 Å². The van der Waals surface area contributed by atoms with Gasteiger partial charge < -0.3 is 10.4 Å². The fourth-order valence-electron chi connectivity index (χ4n) is 3.09. The van der Waals surface area contributed by atoms with Crippen LogP contribution in [0.15, 0.2) is 77.7 Å². The molecule has 8 heteroatoms. The van der Waals surface area contributed by atoms with Crippen molar-refractivity contribution in [2.75, 3.05) is 11.1 Å². The van der Waals surface area contributed by atoms with E-state index in [-0.39, 0.29) is 10.5 Å². The minimum atomic E-state index is -4.16. The van der Waals surface area contributed by atoms with Crippen LogP contribution in [0.5, 0.6) is 0 Å². The molecule has 0 aliphatic carbocycles. The zero-order valence-electron chi connectivity index (χ0n) is 16.5. The summed E-state index contributed by atoms with van der Waals surface area (Å²) in [7, 11) is -4.16. The maximum atomic E-state index is 13.2. The fourth-order valence-corrected chi connectivity index (χ4v) is 4.65. The molecule has 0 saturated carbocycles. The molecule has 0 aliphatic rings. The second-order valence-electron chi connectivity index (χ2n) is 7.01. The highest BCUT2D eigenvalue weighted by molar-refractivity contribution is 7.91. The van der Waals surface area contributed by atoms with Gasteiger partial charge in [-0.3, -0.25) is 4.79 Å². The maximum Gasteiger partial charge on any atom is 0.262 e. The van der Waals surface area contributed by atoms with Crippen molar-refractivity contribution < 1.29 is 22.7 Å². The van der Waals surface area contributed by atoms with Crippen LogP contribution in [0.1, 0.15) is 11.1 Å². The van der Waals surface area contributed by atoms with E-state index < -0.39 is 32.9 Å². The molecular weight excluding hydrogens is 419 g/mol. The summed E-state index contributed by atoms with van der Waals surface area (Å²) >= 11 is 0. The maximum absolute atomic E-state index is 13.2. The molecular formula is C23H19FN2O4S. The van der Waals surface area contributed by atoms with Crippen molar-refractivity contribution in [1.82, 2.24) is 0 Å². The van der Waals surface area contributed by atoms with Gasteiger partial charge >= 0.3 is 0 Å². The summed E-state index contributed by atoms with van der Waals surface area (Å²) in [5.74, 6) is -2.49. The SMILES string of the molecule is [C-]#[N+]c1ccc(NC(=O)[C@@](O)(CS(=O)(=O)c2ccc(F)cc2)c2ccccc2)cc1C. The Kier molecular flexibility index (Phi) is 6.20. The second-order valence-corrected chi connectivity index (χ2v) is 9.00. The Hall–Kier alpha value is -3.54. The monoisotopic (exact) mass is 438 g/mol. The molecule has 0 fully saturated rings. The van der Waals surface area contributed by atoms with Gasteiger partial charge in [0.15, 0.2) is 21.1 Å². The molecule has 3 rings (SSSR count). The standard InChI is InChI=1S/C23H19FN2O4S/c1-16-14-19(10-13-21(16)25-2)26-22(27)23(28,17-6-4-3-5-7-17)15-31(29,30)20-11-8-18(24)9-12-20/h3-14,28H,15H2,1H3,(H,26,27)/t23-/m1/s1. The van der Waals surface area contributed by atoms with E-state index in [2.05, 4.69) is 10.2 Å². The quantitative estimate of drug-likeness (QED) is 0.450. The lowest BCUT2D eigenvalue weighted by molar-refractivity contribution is -0.132. The van der Waals surface area contributed by atoms with Gasteiger partial charge in [0.25, 0.3) is 5.91 Å². The van der Waals surface area contributed by atoms with Gasteiger partial charge in [-0.2, -0.15) is 0 Å². The number of aliphatic hydroxyl groups is 1. The normalized spacial score (nSPS) is 13.1. The zero-order chi connectivity index (χ0) is 22.6. The molecule has 0 unspecified atom stereocenters. The van der Waals surface area contributed by atoms with Crippen molar-refractivity contribution in [3.05, 3.63) is 101 Å². The van der Waals surface area contributed by atoms with Crippen LogP contribution < -0.4 is 5.32 Å². The molecule has 1 amide bonds. The zero-order valence-corrected chi connectivity index (χ0v) is 17.4. The number of carbonyl (C=O) groups is 1. The lowest BCUT2D eigenvalue weighted by Gasteiger charge is -2.27. The highest BCUT2D eigenvalue weighted by atomic mass is 32.2. The molecule has 0 saturated heterocycles. The van der Waals surface area contributed by atoms with Gasteiger partial charge in [-0.25, -0.2) is 17.7 Å². The number of hydrogen-bond donors (Lipinski definition) is 2. The molecule has 1 atom stereocenters. The van der Waals surface area contributed by atoms with E-state index in [1.807, 2.05) is 0 Å². The summed E-state index contributed by atoms with van der Waals surface area (Å²) in [6.07, 6.45) is 0. The van der Waals surface area contributed by atoms with Gasteiger partial charge in [-0.05, 0) is 54.4 Å². The first-order valence-electron chi connectivity index (χ1n) is 9.21. The largest absolute Gasteiger partial charge is 0.374 e. The molecule has 3 aromatic rings. The third-order valence-electron chi connectivity index (χ3n) is 4.77. The van der Waals surface area contributed by atoms with Crippen LogP contribution in [0.4, 0.5) is 15.8 Å². The predicted molar refractivity (Wildman–Crippen MR) is 115 cm³/mol. The fraction of sp³-hybridized carbons (Fsp3) is 0.130. The summed E-state index contributed by atoms with van der Waals surface area (Å²) in [5.41, 5.74) is -0.984. The number of hydrogen-bond acceptors (Lipinski definition) is 4. The molecule has 0 aliphatic heterocycles. The summed E-state index contributed by atoms with van der Waals surface area (Å²) in [5, 5.41) is 13.9. The van der Waals surface area contributed by atoms with Crippen LogP contribution in [0.2, 0.25) is 0 Å². The van der Waals surface area contributed by atoms with Crippen molar-refractivity contribution in [2.24, 2.45) is 0 Å². The van der Waals surface area contributed by atoms with E-state index in [1.165, 1.54) is 24.3 Å². The number of nitrogens with one attached hydrogen (secondary N) is 1. The highest BCUT2D eigenvalue weighted by Crippen LogP contribution is 2.29. The topological polar surface area (TPSA) is 87.8 Å². The summed E-state index contributed by atoms with van der Waals surface area (Å²) in [4.78, 5) is 16.3. The lowest BCUT2D eigenvalue weighted by atomic mass is 9.94. The first kappa shape index (κ1) is 22.2. The molecule has 0 spiro atoms. The Morgan fingerprint density at radius 1 is 1.10 bits per heavy atom. The number of anilines is 1. The predicted octanol–water partition coefficient (Wildman–Crippen LogP) is 3.99. The van der Waals surface area contributed by atoms with Crippen molar-refractivity contribution in [1.29, 1.82) is 0 Å². The number of carbonyl (C=O) groups excluding carboxylic acids is 1. The number of amides is 1. The Bertz CT molecular complexity index is 1250. The van der Waals surface area contributed by atoms with E-state index in [4.69, 9.17) is 6.57 Å². The molecule has 2 N–H and O–H groups in total. The van der Waals surface area contributed by atoms with Crippen molar-refractivity contribution in [3.8, 4) is 0 Å². The van der Waals surface area contributed by atoms with Gasteiger partial charge in [0.1, 0.15) is 5.82 Å². The second kappa shape index (κ2) is 8.68. The van der Waals surface area contributed by atoms with Gasteiger partial charge in [-0.1, -0.05) is 36.4 Å². The molecule has 3 aromatic carbocycles. The van der Waals surface area contributed by atoms with Crippen molar-refractivity contribution >= 4 is 27.1 Å². The first-order chi connectivity index (χ1) is 14.7. The van der Waals surface area contributed by atoms with Crippen LogP contribution in [0.3, 0.4) is 0 Å². The average molecular weight is 438 g/mol. The van der Waals surface area contributed by atoms with Crippen LogP contribution in [0, 0.1) is 19.3 Å². The molecule has 158 valence electrons. The van der Waals surface area contributed by atoms with Gasteiger partial charge in [0.2, 0.25) is 0 Å². The minimum absolute atomic E-state index is 0.0905. The smallest absolute Gasteiger partial charge is 0.262 e. The first-order valence-corrected chi connectivity index (χ1v) is 10.9. The Morgan fingerprint density at radius 3 is 2.32 bits per heavy atom. The third-order valence-corrected chi connectivity index (χ3v) is 6.56. The number of benzene rings is 3. The van der Waals surface area contributed by atoms with Gasteiger partial charge in [0.05, 0.1) is 17.2 Å².